The van der Waals surface area contributed by atoms with E-state index in [1.165, 1.54) is 23.5 Å². The van der Waals surface area contributed by atoms with E-state index in [0.29, 0.717) is 17.1 Å². The van der Waals surface area contributed by atoms with Gasteiger partial charge in [0.2, 0.25) is 0 Å². The molecule has 0 unspecified atom stereocenters. The van der Waals surface area contributed by atoms with E-state index in [4.69, 9.17) is 11.5 Å². The zero-order chi connectivity index (χ0) is 13.1. The molecule has 4 nitrogen and oxygen atoms in total. The van der Waals surface area contributed by atoms with Gasteiger partial charge in [0, 0.05) is 6.54 Å². The maximum atomic E-state index is 13.0. The Morgan fingerprint density at radius 1 is 1.39 bits per heavy atom. The molecular weight excluding hydrogens is 253 g/mol. The second-order valence-electron chi connectivity index (χ2n) is 3.74. The molecule has 0 aliphatic rings. The fraction of sp³-hybridized carbons (Fsp3) is 0.0833. The van der Waals surface area contributed by atoms with Crippen LogP contribution in [0.25, 0.3) is 0 Å². The number of hydrogen-bond acceptors (Lipinski definition) is 4. The van der Waals surface area contributed by atoms with E-state index >= 15 is 0 Å². The van der Waals surface area contributed by atoms with E-state index in [-0.39, 0.29) is 5.82 Å². The van der Waals surface area contributed by atoms with Gasteiger partial charge in [-0.3, -0.25) is 4.79 Å². The highest BCUT2D eigenvalue weighted by Crippen LogP contribution is 2.29. The number of rotatable bonds is 4. The minimum absolute atomic E-state index is 0.280. The quantitative estimate of drug-likeness (QED) is 0.792. The first-order valence-electron chi connectivity index (χ1n) is 5.23. The van der Waals surface area contributed by atoms with Gasteiger partial charge in [-0.05, 0) is 23.8 Å². The molecule has 18 heavy (non-hydrogen) atoms. The maximum absolute atomic E-state index is 13.0. The minimum Gasteiger partial charge on any atom is -0.397 e. The first-order chi connectivity index (χ1) is 8.56. The van der Waals surface area contributed by atoms with Crippen molar-refractivity contribution in [2.24, 2.45) is 5.73 Å². The molecule has 0 aliphatic heterocycles. The van der Waals surface area contributed by atoms with Crippen molar-refractivity contribution in [3.63, 3.8) is 0 Å². The van der Waals surface area contributed by atoms with E-state index < -0.39 is 5.91 Å². The van der Waals surface area contributed by atoms with Gasteiger partial charge in [0.25, 0.3) is 5.91 Å². The van der Waals surface area contributed by atoms with Crippen LogP contribution in [0.4, 0.5) is 15.1 Å². The number of primary amides is 1. The number of halogens is 1. The van der Waals surface area contributed by atoms with Crippen molar-refractivity contribution in [3.05, 3.63) is 46.6 Å². The number of hydrogen-bond donors (Lipinski definition) is 3. The first kappa shape index (κ1) is 12.4. The molecular formula is C12H12FN3OS. The summed E-state index contributed by atoms with van der Waals surface area (Å²) in [6, 6.07) is 7.92. The van der Waals surface area contributed by atoms with Crippen molar-refractivity contribution in [1.29, 1.82) is 0 Å². The molecule has 1 aromatic carbocycles. The third-order valence-corrected chi connectivity index (χ3v) is 3.46. The summed E-state index contributed by atoms with van der Waals surface area (Å²) >= 11 is 1.19. The summed E-state index contributed by atoms with van der Waals surface area (Å²) in [5, 5.41) is 3.80. The molecule has 1 amide bonds. The molecule has 0 aliphatic carbocycles. The van der Waals surface area contributed by atoms with E-state index in [0.717, 1.165) is 10.6 Å². The van der Waals surface area contributed by atoms with E-state index in [1.54, 1.807) is 12.1 Å². The molecule has 0 saturated heterocycles. The number of carbonyl (C=O) groups excluding carboxylic acids is 1. The smallest absolute Gasteiger partial charge is 0.260 e. The molecule has 0 atom stereocenters. The van der Waals surface area contributed by atoms with Crippen LogP contribution in [0.5, 0.6) is 0 Å². The van der Waals surface area contributed by atoms with E-state index in [1.807, 2.05) is 6.07 Å². The lowest BCUT2D eigenvalue weighted by molar-refractivity contribution is 0.100. The Morgan fingerprint density at radius 2 is 2.17 bits per heavy atom. The number of nitrogens with two attached hydrogens (primary N) is 2. The van der Waals surface area contributed by atoms with Gasteiger partial charge in [-0.25, -0.2) is 4.39 Å². The van der Waals surface area contributed by atoms with Crippen LogP contribution in [-0.4, -0.2) is 5.91 Å². The fourth-order valence-corrected chi connectivity index (χ4v) is 2.35. The van der Waals surface area contributed by atoms with Crippen LogP contribution in [0.15, 0.2) is 30.3 Å². The standard InChI is InChI=1S/C12H12FN3OS/c13-8-3-1-2-7(4-8)6-16-10-5-9(14)11(18-10)12(15)17/h1-5,16H,6,14H2,(H2,15,17). The van der Waals surface area contributed by atoms with Gasteiger partial charge >= 0.3 is 0 Å². The predicted octanol–water partition coefficient (Wildman–Crippen LogP) is 2.18. The Kier molecular flexibility index (Phi) is 3.47. The normalized spacial score (nSPS) is 10.3. The largest absolute Gasteiger partial charge is 0.397 e. The van der Waals surface area contributed by atoms with Crippen LogP contribution in [0.3, 0.4) is 0 Å². The van der Waals surface area contributed by atoms with Crippen LogP contribution in [0, 0.1) is 5.82 Å². The molecule has 1 aromatic heterocycles. The van der Waals surface area contributed by atoms with Crippen LogP contribution < -0.4 is 16.8 Å². The maximum Gasteiger partial charge on any atom is 0.260 e. The summed E-state index contributed by atoms with van der Waals surface area (Å²) in [4.78, 5) is 11.4. The molecule has 5 N–H and O–H groups in total. The molecule has 6 heteroatoms. The molecule has 0 radical (unpaired) electrons. The number of nitrogens with one attached hydrogen (secondary N) is 1. The van der Waals surface area contributed by atoms with Crippen LogP contribution in [-0.2, 0) is 6.54 Å². The third kappa shape index (κ3) is 2.78. The average Bonchev–Trinajstić information content (AvgIpc) is 2.68. The SMILES string of the molecule is NC(=O)c1sc(NCc2cccc(F)c2)cc1N. The summed E-state index contributed by atoms with van der Waals surface area (Å²) in [6.07, 6.45) is 0. The Labute approximate surface area is 107 Å². The van der Waals surface area contributed by atoms with Gasteiger partial charge in [0.05, 0.1) is 10.7 Å². The summed E-state index contributed by atoms with van der Waals surface area (Å²) in [5.41, 5.74) is 12.0. The second-order valence-corrected chi connectivity index (χ2v) is 4.80. The topological polar surface area (TPSA) is 81.1 Å². The molecule has 1 heterocycles. The molecule has 0 saturated carbocycles. The second kappa shape index (κ2) is 5.05. The highest BCUT2D eigenvalue weighted by atomic mass is 32.1. The van der Waals surface area contributed by atoms with Crippen molar-refractivity contribution < 1.29 is 9.18 Å². The van der Waals surface area contributed by atoms with Crippen molar-refractivity contribution in [2.45, 2.75) is 6.54 Å². The highest BCUT2D eigenvalue weighted by molar-refractivity contribution is 7.18. The van der Waals surface area contributed by atoms with Crippen molar-refractivity contribution in [2.75, 3.05) is 11.1 Å². The van der Waals surface area contributed by atoms with Crippen molar-refractivity contribution >= 4 is 27.9 Å². The molecule has 0 bridgehead atoms. The summed E-state index contributed by atoms with van der Waals surface area (Å²) in [6.45, 7) is 0.454. The minimum atomic E-state index is -0.545. The van der Waals surface area contributed by atoms with Gasteiger partial charge in [-0.1, -0.05) is 12.1 Å². The number of benzene rings is 1. The molecule has 2 rings (SSSR count). The lowest BCUT2D eigenvalue weighted by Crippen LogP contribution is -2.10. The molecule has 2 aromatic rings. The fourth-order valence-electron chi connectivity index (χ4n) is 1.52. The monoisotopic (exact) mass is 265 g/mol. The zero-order valence-corrected chi connectivity index (χ0v) is 10.3. The number of nitrogen functional groups attached to an aromatic ring is 1. The molecule has 0 fully saturated rings. The Bertz CT molecular complexity index is 582. The van der Waals surface area contributed by atoms with Crippen LogP contribution in [0.1, 0.15) is 15.2 Å². The summed E-state index contributed by atoms with van der Waals surface area (Å²) in [7, 11) is 0. The summed E-state index contributed by atoms with van der Waals surface area (Å²) < 4.78 is 13.0. The number of anilines is 2. The Hall–Kier alpha value is -2.08. The lowest BCUT2D eigenvalue weighted by Gasteiger charge is -2.03. The van der Waals surface area contributed by atoms with Crippen molar-refractivity contribution in [1.82, 2.24) is 0 Å². The number of carbonyl (C=O) groups is 1. The highest BCUT2D eigenvalue weighted by Gasteiger charge is 2.10. The molecule has 0 spiro atoms. The average molecular weight is 265 g/mol. The predicted molar refractivity (Wildman–Crippen MR) is 71.0 cm³/mol. The van der Waals surface area contributed by atoms with Gasteiger partial charge in [-0.2, -0.15) is 0 Å². The van der Waals surface area contributed by atoms with Gasteiger partial charge in [0.1, 0.15) is 10.7 Å². The Balaban J connectivity index is 2.06. The summed E-state index contributed by atoms with van der Waals surface area (Å²) in [5.74, 6) is -0.825. The first-order valence-corrected chi connectivity index (χ1v) is 6.05. The zero-order valence-electron chi connectivity index (χ0n) is 9.44. The van der Waals surface area contributed by atoms with E-state index in [9.17, 15) is 9.18 Å². The van der Waals surface area contributed by atoms with E-state index in [2.05, 4.69) is 5.32 Å². The third-order valence-electron chi connectivity index (χ3n) is 2.34. The van der Waals surface area contributed by atoms with Gasteiger partial charge in [0.15, 0.2) is 0 Å². The Morgan fingerprint density at radius 3 is 2.78 bits per heavy atom. The number of thiophene rings is 1. The van der Waals surface area contributed by atoms with Crippen LogP contribution in [0.2, 0.25) is 0 Å². The van der Waals surface area contributed by atoms with Gasteiger partial charge < -0.3 is 16.8 Å². The lowest BCUT2D eigenvalue weighted by atomic mass is 10.2. The van der Waals surface area contributed by atoms with Gasteiger partial charge in [-0.15, -0.1) is 11.3 Å². The van der Waals surface area contributed by atoms with Crippen molar-refractivity contribution in [3.8, 4) is 0 Å². The molecule has 94 valence electrons. The number of amides is 1. The van der Waals surface area contributed by atoms with Crippen LogP contribution >= 0.6 is 11.3 Å².